The van der Waals surface area contributed by atoms with Crippen LogP contribution in [0.2, 0.25) is 0 Å². The topological polar surface area (TPSA) is 121 Å². The Bertz CT molecular complexity index is 735. The summed E-state index contributed by atoms with van der Waals surface area (Å²) in [5, 5.41) is 32.5. The predicted octanol–water partition coefficient (Wildman–Crippen LogP) is 0.813. The van der Waals surface area contributed by atoms with Crippen molar-refractivity contribution in [1.29, 1.82) is 0 Å². The molecule has 0 bridgehead atoms. The van der Waals surface area contributed by atoms with Crippen molar-refractivity contribution in [2.75, 3.05) is 7.11 Å². The molecule has 0 atom stereocenters. The number of ether oxygens (including phenoxy) is 1. The summed E-state index contributed by atoms with van der Waals surface area (Å²) in [5.74, 6) is -0.911. The Morgan fingerprint density at radius 1 is 1.60 bits per heavy atom. The van der Waals surface area contributed by atoms with Crippen molar-refractivity contribution >= 4 is 24.1 Å². The highest BCUT2D eigenvalue weighted by atomic mass is 32.1. The Morgan fingerprint density at radius 2 is 2.35 bits per heavy atom. The lowest BCUT2D eigenvalue weighted by Gasteiger charge is -2.12. The highest BCUT2D eigenvalue weighted by Crippen LogP contribution is 2.33. The van der Waals surface area contributed by atoms with E-state index in [1.54, 1.807) is 0 Å². The summed E-state index contributed by atoms with van der Waals surface area (Å²) in [6.07, 6.45) is 2.65. The van der Waals surface area contributed by atoms with Crippen molar-refractivity contribution in [3.05, 3.63) is 38.9 Å². The molecule has 1 aromatic carbocycles. The van der Waals surface area contributed by atoms with Gasteiger partial charge >= 0.3 is 0 Å². The molecular formula is C10H8N5O4S-. The molecule has 9 nitrogen and oxygen atoms in total. The van der Waals surface area contributed by atoms with Gasteiger partial charge in [0, 0.05) is 17.4 Å². The number of hydrogen-bond acceptors (Lipinski definition) is 7. The first-order valence-electron chi connectivity index (χ1n) is 5.22. The van der Waals surface area contributed by atoms with Gasteiger partial charge in [0.25, 0.3) is 5.69 Å². The molecule has 2 rings (SSSR count). The van der Waals surface area contributed by atoms with Gasteiger partial charge in [-0.3, -0.25) is 15.2 Å². The number of methoxy groups -OCH3 is 1. The Kier molecular flexibility index (Phi) is 3.75. The molecule has 10 heteroatoms. The smallest absolute Gasteiger partial charge is 0.266 e. The fraction of sp³-hybridized carbons (Fsp3) is 0.100. The summed E-state index contributed by atoms with van der Waals surface area (Å²) in [4.78, 5) is 10.0. The van der Waals surface area contributed by atoms with Crippen LogP contribution in [0, 0.1) is 14.9 Å². The van der Waals surface area contributed by atoms with Gasteiger partial charge in [0.05, 0.1) is 18.2 Å². The van der Waals surface area contributed by atoms with Gasteiger partial charge in [0.15, 0.2) is 0 Å². The summed E-state index contributed by atoms with van der Waals surface area (Å²) in [6, 6.07) is 2.46. The third-order valence-corrected chi connectivity index (χ3v) is 2.62. The van der Waals surface area contributed by atoms with Gasteiger partial charge in [-0.15, -0.1) is 0 Å². The van der Waals surface area contributed by atoms with Crippen LogP contribution in [0.15, 0.2) is 23.6 Å². The molecule has 0 saturated carbocycles. The zero-order chi connectivity index (χ0) is 14.7. The maximum absolute atomic E-state index is 11.6. The van der Waals surface area contributed by atoms with Gasteiger partial charge in [0.2, 0.25) is 4.77 Å². The summed E-state index contributed by atoms with van der Waals surface area (Å²) >= 11 is 4.89. The van der Waals surface area contributed by atoms with Crippen LogP contribution in [0.25, 0.3) is 0 Å². The van der Waals surface area contributed by atoms with Gasteiger partial charge in [0.1, 0.15) is 12.1 Å². The van der Waals surface area contributed by atoms with E-state index in [9.17, 15) is 15.2 Å². The number of nitro groups is 1. The van der Waals surface area contributed by atoms with Gasteiger partial charge in [-0.2, -0.15) is 14.9 Å². The SMILES string of the molecule is COc1cc(/C=N\n2cn[nH]c2=S)cc([N+](=O)[O-])c1[O-]. The Morgan fingerprint density at radius 3 is 2.90 bits per heavy atom. The lowest BCUT2D eigenvalue weighted by atomic mass is 10.2. The molecule has 1 N–H and O–H groups in total. The van der Waals surface area contributed by atoms with Crippen LogP contribution >= 0.6 is 12.2 Å². The van der Waals surface area contributed by atoms with Crippen LogP contribution in [-0.4, -0.2) is 33.1 Å². The van der Waals surface area contributed by atoms with Crippen molar-refractivity contribution in [3.63, 3.8) is 0 Å². The monoisotopic (exact) mass is 294 g/mol. The highest BCUT2D eigenvalue weighted by molar-refractivity contribution is 7.71. The minimum Gasteiger partial charge on any atom is -0.865 e. The lowest BCUT2D eigenvalue weighted by Crippen LogP contribution is -2.02. The number of rotatable bonds is 4. The standard InChI is InChI=1S/C10H9N5O4S/c1-19-8-3-6(2-7(9(8)16)15(17)18)4-12-14-5-11-13-10(14)20/h2-5,16H,1H3,(H,13,20)/p-1/b12-4-. The number of nitrogens with zero attached hydrogens (tertiary/aromatic N) is 4. The maximum Gasteiger partial charge on any atom is 0.266 e. The van der Waals surface area contributed by atoms with Gasteiger partial charge in [-0.05, 0) is 18.3 Å². The first kappa shape index (κ1) is 13.7. The minimum atomic E-state index is -0.783. The van der Waals surface area contributed by atoms with Crippen molar-refractivity contribution in [2.24, 2.45) is 5.10 Å². The molecule has 0 unspecified atom stereocenters. The van der Waals surface area contributed by atoms with Crippen LogP contribution < -0.4 is 9.84 Å². The second kappa shape index (κ2) is 5.48. The van der Waals surface area contributed by atoms with E-state index in [1.165, 1.54) is 30.4 Å². The first-order chi connectivity index (χ1) is 9.52. The number of H-pyrrole nitrogens is 1. The number of aromatic amines is 1. The van der Waals surface area contributed by atoms with E-state index in [0.29, 0.717) is 5.56 Å². The van der Waals surface area contributed by atoms with E-state index in [1.807, 2.05) is 0 Å². The quantitative estimate of drug-likeness (QED) is 0.385. The summed E-state index contributed by atoms with van der Waals surface area (Å²) in [6.45, 7) is 0. The molecule has 0 fully saturated rings. The van der Waals surface area contributed by atoms with Gasteiger partial charge in [-0.1, -0.05) is 0 Å². The highest BCUT2D eigenvalue weighted by Gasteiger charge is 2.12. The zero-order valence-corrected chi connectivity index (χ0v) is 11.0. The third kappa shape index (κ3) is 2.64. The number of benzene rings is 1. The molecule has 104 valence electrons. The average molecular weight is 294 g/mol. The number of aromatic nitrogens is 3. The molecule has 0 spiro atoms. The Balaban J connectivity index is 2.45. The van der Waals surface area contributed by atoms with Crippen molar-refractivity contribution in [3.8, 4) is 11.5 Å². The number of nitrogens with one attached hydrogen (secondary N) is 1. The first-order valence-corrected chi connectivity index (χ1v) is 5.63. The summed E-state index contributed by atoms with van der Waals surface area (Å²) in [5.41, 5.74) is -0.252. The molecule has 0 aliphatic carbocycles. The third-order valence-electron chi connectivity index (χ3n) is 2.34. The Labute approximate surface area is 117 Å². The predicted molar refractivity (Wildman–Crippen MR) is 69.5 cm³/mol. The summed E-state index contributed by atoms with van der Waals surface area (Å²) < 4.78 is 6.34. The van der Waals surface area contributed by atoms with E-state index in [-0.39, 0.29) is 10.5 Å². The van der Waals surface area contributed by atoms with E-state index >= 15 is 0 Å². The van der Waals surface area contributed by atoms with Crippen molar-refractivity contribution < 1.29 is 14.8 Å². The molecule has 0 amide bonds. The fourth-order valence-electron chi connectivity index (χ4n) is 1.42. The fourth-order valence-corrected chi connectivity index (χ4v) is 1.57. The lowest BCUT2D eigenvalue weighted by molar-refractivity contribution is -0.398. The van der Waals surface area contributed by atoms with Crippen LogP contribution in [-0.2, 0) is 0 Å². The molecule has 0 saturated heterocycles. The molecule has 0 aliphatic rings. The molecule has 1 heterocycles. The maximum atomic E-state index is 11.6. The molecule has 2 aromatic rings. The van der Waals surface area contributed by atoms with E-state index in [4.69, 9.17) is 17.0 Å². The van der Waals surface area contributed by atoms with Crippen molar-refractivity contribution in [1.82, 2.24) is 14.9 Å². The van der Waals surface area contributed by atoms with Crippen LogP contribution in [0.5, 0.6) is 11.5 Å². The zero-order valence-electron chi connectivity index (χ0n) is 10.1. The van der Waals surface area contributed by atoms with Crippen LogP contribution in [0.1, 0.15) is 5.56 Å². The van der Waals surface area contributed by atoms with Crippen LogP contribution in [0.4, 0.5) is 5.69 Å². The largest absolute Gasteiger partial charge is 0.865 e. The number of hydrogen-bond donors (Lipinski definition) is 1. The summed E-state index contributed by atoms with van der Waals surface area (Å²) in [7, 11) is 1.26. The molecule has 1 aromatic heterocycles. The normalized spacial score (nSPS) is 10.8. The van der Waals surface area contributed by atoms with Crippen molar-refractivity contribution in [2.45, 2.75) is 0 Å². The van der Waals surface area contributed by atoms with E-state index in [0.717, 1.165) is 6.07 Å². The van der Waals surface area contributed by atoms with Crippen LogP contribution in [0.3, 0.4) is 0 Å². The Hall–Kier alpha value is -2.75. The average Bonchev–Trinajstić information content (AvgIpc) is 2.82. The molecular weight excluding hydrogens is 286 g/mol. The second-order valence-electron chi connectivity index (χ2n) is 3.58. The second-order valence-corrected chi connectivity index (χ2v) is 3.97. The number of nitro benzene ring substituents is 1. The van der Waals surface area contributed by atoms with Gasteiger partial charge in [-0.25, -0.2) is 0 Å². The minimum absolute atomic E-state index is 0.128. The molecule has 0 aliphatic heterocycles. The molecule has 20 heavy (non-hydrogen) atoms. The molecule has 0 radical (unpaired) electrons. The van der Waals surface area contributed by atoms with Gasteiger partial charge < -0.3 is 9.84 Å². The van der Waals surface area contributed by atoms with E-state index in [2.05, 4.69) is 15.3 Å². The van der Waals surface area contributed by atoms with E-state index < -0.39 is 16.4 Å².